The van der Waals surface area contributed by atoms with E-state index in [4.69, 9.17) is 15.0 Å². The zero-order chi connectivity index (χ0) is 14.4. The zero-order valence-corrected chi connectivity index (χ0v) is 12.1. The number of rotatable bonds is 2. The second-order valence-electron chi connectivity index (χ2n) is 6.08. The van der Waals surface area contributed by atoms with Crippen LogP contribution in [0.2, 0.25) is 0 Å². The van der Waals surface area contributed by atoms with Gasteiger partial charge in [0.2, 0.25) is 5.91 Å². The van der Waals surface area contributed by atoms with Crippen molar-refractivity contribution in [2.75, 3.05) is 0 Å². The standard InChI is InChI=1S/C14H20BNO3/c1-9-6-10(12(16)17)8-11(7-9)15-18-13(2,3)14(4,5)19-15/h6-8H,1-5H3,(H2,16,17). The number of primary amides is 1. The van der Waals surface area contributed by atoms with Gasteiger partial charge in [0, 0.05) is 5.56 Å². The minimum Gasteiger partial charge on any atom is -0.399 e. The van der Waals surface area contributed by atoms with E-state index in [1.165, 1.54) is 0 Å². The van der Waals surface area contributed by atoms with Crippen molar-refractivity contribution in [3.63, 3.8) is 0 Å². The molecule has 1 aromatic carbocycles. The molecule has 1 aromatic rings. The van der Waals surface area contributed by atoms with Gasteiger partial charge in [-0.2, -0.15) is 0 Å². The van der Waals surface area contributed by atoms with Gasteiger partial charge in [-0.1, -0.05) is 11.6 Å². The van der Waals surface area contributed by atoms with Crippen LogP contribution in [0.5, 0.6) is 0 Å². The van der Waals surface area contributed by atoms with Crippen LogP contribution in [0.15, 0.2) is 18.2 Å². The summed E-state index contributed by atoms with van der Waals surface area (Å²) >= 11 is 0. The Bertz CT molecular complexity index is 509. The van der Waals surface area contributed by atoms with Gasteiger partial charge in [0.1, 0.15) is 0 Å². The average Bonchev–Trinajstić information content (AvgIpc) is 2.47. The second-order valence-corrected chi connectivity index (χ2v) is 6.08. The van der Waals surface area contributed by atoms with Crippen LogP contribution >= 0.6 is 0 Å². The van der Waals surface area contributed by atoms with Gasteiger partial charge in [0.15, 0.2) is 0 Å². The second kappa shape index (κ2) is 4.35. The maximum atomic E-state index is 11.3. The molecule has 0 spiro atoms. The van der Waals surface area contributed by atoms with Crippen molar-refractivity contribution < 1.29 is 14.1 Å². The van der Waals surface area contributed by atoms with Crippen LogP contribution in [0.4, 0.5) is 0 Å². The molecule has 0 bridgehead atoms. The fourth-order valence-corrected chi connectivity index (χ4v) is 2.07. The van der Waals surface area contributed by atoms with Crippen molar-refractivity contribution in [1.29, 1.82) is 0 Å². The molecular weight excluding hydrogens is 241 g/mol. The van der Waals surface area contributed by atoms with Crippen LogP contribution in [-0.2, 0) is 9.31 Å². The van der Waals surface area contributed by atoms with E-state index in [0.717, 1.165) is 11.0 Å². The zero-order valence-electron chi connectivity index (χ0n) is 12.1. The van der Waals surface area contributed by atoms with Crippen LogP contribution in [0.25, 0.3) is 0 Å². The van der Waals surface area contributed by atoms with Crippen molar-refractivity contribution in [2.24, 2.45) is 5.73 Å². The summed E-state index contributed by atoms with van der Waals surface area (Å²) in [6.45, 7) is 9.91. The van der Waals surface area contributed by atoms with Crippen LogP contribution < -0.4 is 11.2 Å². The van der Waals surface area contributed by atoms with Gasteiger partial charge in [0.05, 0.1) is 11.2 Å². The molecule has 0 atom stereocenters. The molecule has 1 aliphatic rings. The summed E-state index contributed by atoms with van der Waals surface area (Å²) in [5.41, 5.74) is 6.81. The molecule has 5 heteroatoms. The molecule has 1 aliphatic heterocycles. The van der Waals surface area contributed by atoms with Crippen molar-refractivity contribution in [3.05, 3.63) is 29.3 Å². The van der Waals surface area contributed by atoms with Gasteiger partial charge >= 0.3 is 7.12 Å². The predicted molar refractivity (Wildman–Crippen MR) is 75.4 cm³/mol. The third-order valence-electron chi connectivity index (χ3n) is 3.91. The van der Waals surface area contributed by atoms with Crippen LogP contribution in [-0.4, -0.2) is 24.2 Å². The van der Waals surface area contributed by atoms with E-state index < -0.39 is 24.2 Å². The summed E-state index contributed by atoms with van der Waals surface area (Å²) in [4.78, 5) is 11.3. The van der Waals surface area contributed by atoms with Gasteiger partial charge in [-0.25, -0.2) is 0 Å². The normalized spacial score (nSPS) is 20.6. The highest BCUT2D eigenvalue weighted by Crippen LogP contribution is 2.36. The number of carbonyl (C=O) groups excluding carboxylic acids is 1. The van der Waals surface area contributed by atoms with Crippen molar-refractivity contribution in [1.82, 2.24) is 0 Å². The Labute approximate surface area is 114 Å². The Morgan fingerprint density at radius 1 is 1.11 bits per heavy atom. The Hall–Kier alpha value is -1.33. The first-order chi connectivity index (χ1) is 8.62. The third-order valence-corrected chi connectivity index (χ3v) is 3.91. The van der Waals surface area contributed by atoms with E-state index in [1.54, 1.807) is 12.1 Å². The van der Waals surface area contributed by atoms with Crippen molar-refractivity contribution in [2.45, 2.75) is 45.8 Å². The Morgan fingerprint density at radius 2 is 1.63 bits per heavy atom. The predicted octanol–water partition coefficient (Wildman–Crippen LogP) is 1.39. The highest BCUT2D eigenvalue weighted by atomic mass is 16.7. The lowest BCUT2D eigenvalue weighted by atomic mass is 9.77. The summed E-state index contributed by atoms with van der Waals surface area (Å²) in [5, 5.41) is 0. The number of benzene rings is 1. The molecule has 2 rings (SSSR count). The minimum absolute atomic E-state index is 0.395. The molecule has 4 nitrogen and oxygen atoms in total. The van der Waals surface area contributed by atoms with Crippen molar-refractivity contribution >= 4 is 18.5 Å². The molecule has 2 N–H and O–H groups in total. The topological polar surface area (TPSA) is 61.6 Å². The molecular formula is C14H20BNO3. The molecule has 0 saturated carbocycles. The first kappa shape index (κ1) is 14.1. The molecule has 0 unspecified atom stereocenters. The van der Waals surface area contributed by atoms with E-state index in [-0.39, 0.29) is 0 Å². The van der Waals surface area contributed by atoms with E-state index in [1.807, 2.05) is 40.7 Å². The number of aryl methyl sites for hydroxylation is 1. The summed E-state index contributed by atoms with van der Waals surface area (Å²) in [5.74, 6) is -0.443. The molecule has 102 valence electrons. The molecule has 1 amide bonds. The molecule has 1 fully saturated rings. The number of amides is 1. The fraction of sp³-hybridized carbons (Fsp3) is 0.500. The monoisotopic (exact) mass is 261 g/mol. The van der Waals surface area contributed by atoms with Gasteiger partial charge < -0.3 is 15.0 Å². The molecule has 1 heterocycles. The lowest BCUT2D eigenvalue weighted by Crippen LogP contribution is -2.41. The van der Waals surface area contributed by atoms with Crippen LogP contribution in [0.1, 0.15) is 43.6 Å². The van der Waals surface area contributed by atoms with Gasteiger partial charge in [-0.3, -0.25) is 4.79 Å². The highest BCUT2D eigenvalue weighted by molar-refractivity contribution is 6.62. The maximum Gasteiger partial charge on any atom is 0.494 e. The Kier molecular flexibility index (Phi) is 3.23. The smallest absolute Gasteiger partial charge is 0.399 e. The van der Waals surface area contributed by atoms with E-state index >= 15 is 0 Å². The highest BCUT2D eigenvalue weighted by Gasteiger charge is 2.51. The van der Waals surface area contributed by atoms with Crippen LogP contribution in [0.3, 0.4) is 0 Å². The lowest BCUT2D eigenvalue weighted by Gasteiger charge is -2.32. The summed E-state index contributed by atoms with van der Waals surface area (Å²) in [6, 6.07) is 5.45. The quantitative estimate of drug-likeness (QED) is 0.818. The number of nitrogens with two attached hydrogens (primary N) is 1. The Balaban J connectivity index is 2.37. The van der Waals surface area contributed by atoms with Gasteiger partial charge in [-0.15, -0.1) is 0 Å². The fourth-order valence-electron chi connectivity index (χ4n) is 2.07. The van der Waals surface area contributed by atoms with E-state index in [0.29, 0.717) is 5.56 Å². The number of hydrogen-bond acceptors (Lipinski definition) is 3. The molecule has 1 saturated heterocycles. The molecule has 19 heavy (non-hydrogen) atoms. The summed E-state index contributed by atoms with van der Waals surface area (Å²) in [6.07, 6.45) is 0. The van der Waals surface area contributed by atoms with Gasteiger partial charge in [0.25, 0.3) is 0 Å². The average molecular weight is 261 g/mol. The Morgan fingerprint density at radius 3 is 2.11 bits per heavy atom. The lowest BCUT2D eigenvalue weighted by molar-refractivity contribution is 0.00578. The van der Waals surface area contributed by atoms with E-state index in [2.05, 4.69) is 0 Å². The first-order valence-electron chi connectivity index (χ1n) is 6.39. The minimum atomic E-state index is -0.469. The molecule has 0 aliphatic carbocycles. The van der Waals surface area contributed by atoms with Gasteiger partial charge in [-0.05, 0) is 52.2 Å². The third kappa shape index (κ3) is 2.53. The largest absolute Gasteiger partial charge is 0.494 e. The molecule has 0 aromatic heterocycles. The number of carbonyl (C=O) groups is 1. The number of hydrogen-bond donors (Lipinski definition) is 1. The summed E-state index contributed by atoms with van der Waals surface area (Å²) < 4.78 is 11.9. The first-order valence-corrected chi connectivity index (χ1v) is 6.39. The van der Waals surface area contributed by atoms with Crippen molar-refractivity contribution in [3.8, 4) is 0 Å². The molecule has 0 radical (unpaired) electrons. The maximum absolute atomic E-state index is 11.3. The van der Waals surface area contributed by atoms with E-state index in [9.17, 15) is 4.79 Å². The summed E-state index contributed by atoms with van der Waals surface area (Å²) in [7, 11) is -0.469. The SMILES string of the molecule is Cc1cc(B2OC(C)(C)C(C)(C)O2)cc(C(N)=O)c1. The van der Waals surface area contributed by atoms with Crippen LogP contribution in [0, 0.1) is 6.92 Å².